The number of aryl methyl sites for hydroxylation is 3. The van der Waals surface area contributed by atoms with Crippen molar-refractivity contribution in [3.8, 4) is 5.75 Å². The summed E-state index contributed by atoms with van der Waals surface area (Å²) >= 11 is 0. The molecule has 0 bridgehead atoms. The predicted molar refractivity (Wildman–Crippen MR) is 123 cm³/mol. The van der Waals surface area contributed by atoms with E-state index in [9.17, 15) is 14.4 Å². The molecule has 0 saturated carbocycles. The first-order chi connectivity index (χ1) is 15.3. The molecule has 3 rings (SSSR count). The number of nitrogens with zero attached hydrogens (tertiary/aromatic N) is 3. The van der Waals surface area contributed by atoms with Gasteiger partial charge in [-0.25, -0.2) is 0 Å². The van der Waals surface area contributed by atoms with Crippen LogP contribution < -0.4 is 15.6 Å². The van der Waals surface area contributed by atoms with Gasteiger partial charge >= 0.3 is 0 Å². The Hall–Kier alpha value is -3.62. The van der Waals surface area contributed by atoms with Crippen molar-refractivity contribution in [2.75, 3.05) is 25.5 Å². The smallest absolute Gasteiger partial charge is 0.253 e. The number of carbonyl (C=O) groups excluding carboxylic acids is 2. The minimum atomic E-state index is -0.314. The van der Waals surface area contributed by atoms with E-state index in [0.29, 0.717) is 29.2 Å². The molecule has 3 aromatic rings. The molecule has 0 unspecified atom stereocenters. The topological polar surface area (TPSA) is 109 Å². The monoisotopic (exact) mass is 439 g/mol. The van der Waals surface area contributed by atoms with Crippen molar-refractivity contribution in [2.45, 2.75) is 33.6 Å². The van der Waals surface area contributed by atoms with Crippen molar-refractivity contribution in [1.82, 2.24) is 19.7 Å². The Morgan fingerprint density at radius 1 is 1.25 bits per heavy atom. The molecule has 2 heterocycles. The largest absolute Gasteiger partial charge is 0.495 e. The Kier molecular flexibility index (Phi) is 6.97. The number of benzene rings is 1. The first kappa shape index (κ1) is 23.1. The van der Waals surface area contributed by atoms with Gasteiger partial charge < -0.3 is 19.9 Å². The van der Waals surface area contributed by atoms with Gasteiger partial charge in [0.1, 0.15) is 11.4 Å². The quantitative estimate of drug-likeness (QED) is 0.560. The number of hydrogen-bond donors (Lipinski definition) is 2. The number of amides is 2. The lowest BCUT2D eigenvalue weighted by Gasteiger charge is -2.21. The first-order valence-electron chi connectivity index (χ1n) is 10.5. The minimum absolute atomic E-state index is 0.0799. The number of nitrogens with one attached hydrogen (secondary N) is 2. The highest BCUT2D eigenvalue weighted by Crippen LogP contribution is 2.23. The number of H-pyrrole nitrogens is 1. The summed E-state index contributed by atoms with van der Waals surface area (Å²) in [6.45, 7) is 5.89. The lowest BCUT2D eigenvalue weighted by atomic mass is 10.0. The fraction of sp³-hybridized carbons (Fsp3) is 0.391. The molecule has 32 heavy (non-hydrogen) atoms. The van der Waals surface area contributed by atoms with Crippen LogP contribution in [-0.2, 0) is 23.1 Å². The Bertz CT molecular complexity index is 1210. The second-order valence-electron chi connectivity index (χ2n) is 7.65. The number of ether oxygens (including phenoxy) is 1. The number of rotatable bonds is 8. The van der Waals surface area contributed by atoms with Crippen LogP contribution in [0.2, 0.25) is 0 Å². The molecule has 0 atom stereocenters. The normalized spacial score (nSPS) is 10.9. The third-order valence-corrected chi connectivity index (χ3v) is 5.59. The molecule has 0 fully saturated rings. The second kappa shape index (κ2) is 9.67. The average molecular weight is 440 g/mol. The summed E-state index contributed by atoms with van der Waals surface area (Å²) in [5.74, 6) is 0.0432. The van der Waals surface area contributed by atoms with Gasteiger partial charge in [-0.3, -0.25) is 19.1 Å². The summed E-state index contributed by atoms with van der Waals surface area (Å²) in [5, 5.41) is 8.05. The van der Waals surface area contributed by atoms with Crippen LogP contribution in [0.1, 0.15) is 30.2 Å². The van der Waals surface area contributed by atoms with Gasteiger partial charge in [-0.15, -0.1) is 0 Å². The van der Waals surface area contributed by atoms with Crippen LogP contribution in [0.4, 0.5) is 5.69 Å². The molecule has 0 aliphatic carbocycles. The standard InChI is InChI=1S/C23H29N5O4/c1-6-28(13-19(29)24-17-9-7-8-10-18(17)32-5)20(30)12-11-16-14(2)21-15(3)26-27(4)22(21)25-23(16)31/h7-10H,6,11-13H2,1-5H3,(H,24,29)(H,25,31). The maximum atomic E-state index is 12.8. The molecular weight excluding hydrogens is 410 g/mol. The van der Waals surface area contributed by atoms with Crippen LogP contribution in [-0.4, -0.2) is 51.7 Å². The van der Waals surface area contributed by atoms with Crippen LogP contribution in [0.5, 0.6) is 5.75 Å². The zero-order valence-electron chi connectivity index (χ0n) is 19.1. The zero-order chi connectivity index (χ0) is 23.4. The molecule has 2 aromatic heterocycles. The highest BCUT2D eigenvalue weighted by Gasteiger charge is 2.19. The molecule has 0 saturated heterocycles. The Morgan fingerprint density at radius 2 is 1.97 bits per heavy atom. The average Bonchev–Trinajstić information content (AvgIpc) is 3.05. The molecule has 0 radical (unpaired) electrons. The van der Waals surface area contributed by atoms with Crippen LogP contribution in [0, 0.1) is 13.8 Å². The van der Waals surface area contributed by atoms with E-state index in [2.05, 4.69) is 15.4 Å². The summed E-state index contributed by atoms with van der Waals surface area (Å²) in [7, 11) is 3.31. The van der Waals surface area contributed by atoms with Crippen molar-refractivity contribution in [3.63, 3.8) is 0 Å². The Balaban J connectivity index is 1.69. The number of pyridine rings is 1. The molecule has 2 N–H and O–H groups in total. The van der Waals surface area contributed by atoms with Gasteiger partial charge in [0.25, 0.3) is 5.56 Å². The van der Waals surface area contributed by atoms with E-state index in [-0.39, 0.29) is 36.8 Å². The number of hydrogen-bond acceptors (Lipinski definition) is 5. The number of likely N-dealkylation sites (N-methyl/N-ethyl adjacent to an activating group) is 1. The van der Waals surface area contributed by atoms with Crippen LogP contribution in [0.25, 0.3) is 11.0 Å². The molecule has 0 aliphatic heterocycles. The summed E-state index contributed by atoms with van der Waals surface area (Å²) in [6.07, 6.45) is 0.416. The van der Waals surface area contributed by atoms with E-state index in [1.54, 1.807) is 29.9 Å². The van der Waals surface area contributed by atoms with Crippen LogP contribution in [0.15, 0.2) is 29.1 Å². The van der Waals surface area contributed by atoms with Gasteiger partial charge in [0, 0.05) is 31.0 Å². The van der Waals surface area contributed by atoms with Crippen molar-refractivity contribution in [3.05, 3.63) is 51.4 Å². The van der Waals surface area contributed by atoms with Gasteiger partial charge in [-0.05, 0) is 44.9 Å². The Morgan fingerprint density at radius 3 is 2.66 bits per heavy atom. The van der Waals surface area contributed by atoms with E-state index < -0.39 is 0 Å². The summed E-state index contributed by atoms with van der Waals surface area (Å²) < 4.78 is 6.89. The van der Waals surface area contributed by atoms with Gasteiger partial charge in [0.15, 0.2) is 0 Å². The van der Waals surface area contributed by atoms with Gasteiger partial charge in [0.2, 0.25) is 11.8 Å². The van der Waals surface area contributed by atoms with E-state index in [4.69, 9.17) is 4.74 Å². The number of fused-ring (bicyclic) bond motifs is 1. The maximum Gasteiger partial charge on any atom is 0.253 e. The number of para-hydroxylation sites is 2. The fourth-order valence-electron chi connectivity index (χ4n) is 3.93. The van der Waals surface area contributed by atoms with Crippen molar-refractivity contribution < 1.29 is 14.3 Å². The summed E-state index contributed by atoms with van der Waals surface area (Å²) in [5.41, 5.74) is 3.22. The Labute approximate surface area is 186 Å². The zero-order valence-corrected chi connectivity index (χ0v) is 19.1. The molecule has 170 valence electrons. The number of methoxy groups -OCH3 is 1. The summed E-state index contributed by atoms with van der Waals surface area (Å²) in [6, 6.07) is 7.09. The van der Waals surface area contributed by atoms with Crippen LogP contribution >= 0.6 is 0 Å². The van der Waals surface area contributed by atoms with Crippen LogP contribution in [0.3, 0.4) is 0 Å². The molecule has 2 amide bonds. The van der Waals surface area contributed by atoms with E-state index in [1.165, 1.54) is 12.0 Å². The van der Waals surface area contributed by atoms with Crippen molar-refractivity contribution in [2.24, 2.45) is 7.05 Å². The second-order valence-corrected chi connectivity index (χ2v) is 7.65. The third-order valence-electron chi connectivity index (χ3n) is 5.59. The SMILES string of the molecule is CCN(CC(=O)Nc1ccccc1OC)C(=O)CCc1c(C)c2c(C)nn(C)c2[nH]c1=O. The maximum absolute atomic E-state index is 12.8. The predicted octanol–water partition coefficient (Wildman–Crippen LogP) is 2.31. The molecule has 0 aliphatic rings. The van der Waals surface area contributed by atoms with Gasteiger partial charge in [-0.2, -0.15) is 5.10 Å². The number of aromatic amines is 1. The molecule has 0 spiro atoms. The first-order valence-corrected chi connectivity index (χ1v) is 10.5. The highest BCUT2D eigenvalue weighted by molar-refractivity contribution is 5.95. The summed E-state index contributed by atoms with van der Waals surface area (Å²) in [4.78, 5) is 42.3. The number of anilines is 1. The minimum Gasteiger partial charge on any atom is -0.495 e. The molecule has 9 nitrogen and oxygen atoms in total. The lowest BCUT2D eigenvalue weighted by Crippen LogP contribution is -2.38. The fourth-order valence-corrected chi connectivity index (χ4v) is 3.93. The van der Waals surface area contributed by atoms with E-state index in [1.807, 2.05) is 26.8 Å². The van der Waals surface area contributed by atoms with Crippen molar-refractivity contribution >= 4 is 28.5 Å². The number of aromatic nitrogens is 3. The van der Waals surface area contributed by atoms with E-state index >= 15 is 0 Å². The number of carbonyl (C=O) groups is 2. The van der Waals surface area contributed by atoms with Crippen molar-refractivity contribution in [1.29, 1.82) is 0 Å². The molecule has 9 heteroatoms. The highest BCUT2D eigenvalue weighted by atomic mass is 16.5. The van der Waals surface area contributed by atoms with Gasteiger partial charge in [0.05, 0.1) is 25.0 Å². The third kappa shape index (κ3) is 4.66. The van der Waals surface area contributed by atoms with Gasteiger partial charge in [-0.1, -0.05) is 12.1 Å². The molecular formula is C23H29N5O4. The lowest BCUT2D eigenvalue weighted by molar-refractivity contribution is -0.134. The van der Waals surface area contributed by atoms with E-state index in [0.717, 1.165) is 16.6 Å². The molecule has 1 aromatic carbocycles.